The van der Waals surface area contributed by atoms with Gasteiger partial charge < -0.3 is 15.5 Å². The molecule has 0 rings (SSSR count). The number of hydrogen-bond acceptors (Lipinski definition) is 3. The van der Waals surface area contributed by atoms with E-state index in [-0.39, 0.29) is 0 Å². The first-order valence-electron chi connectivity index (χ1n) is 6.99. The van der Waals surface area contributed by atoms with Crippen molar-refractivity contribution < 1.29 is 0 Å². The van der Waals surface area contributed by atoms with Crippen LogP contribution in [0.5, 0.6) is 0 Å². The third-order valence-corrected chi connectivity index (χ3v) is 3.33. The molecule has 2 atom stereocenters. The number of hydrogen-bond donors (Lipinski definition) is 1. The zero-order valence-corrected chi connectivity index (χ0v) is 12.7. The molecule has 0 aliphatic carbocycles. The molecular weight excluding hydrogens is 210 g/mol. The number of nitrogens with zero attached hydrogens (tertiary/aromatic N) is 2. The van der Waals surface area contributed by atoms with Crippen LogP contribution in [0.4, 0.5) is 0 Å². The molecule has 0 saturated heterocycles. The predicted octanol–water partition coefficient (Wildman–Crippen LogP) is 1.88. The monoisotopic (exact) mass is 243 g/mol. The fourth-order valence-electron chi connectivity index (χ4n) is 1.90. The van der Waals surface area contributed by atoms with Gasteiger partial charge in [0.15, 0.2) is 0 Å². The van der Waals surface area contributed by atoms with Crippen LogP contribution in [0.15, 0.2) is 0 Å². The Morgan fingerprint density at radius 1 is 1.00 bits per heavy atom. The smallest absolute Gasteiger partial charge is 0.0193 e. The van der Waals surface area contributed by atoms with E-state index in [4.69, 9.17) is 5.73 Å². The van der Waals surface area contributed by atoms with E-state index < -0.39 is 0 Å². The molecule has 0 spiro atoms. The van der Waals surface area contributed by atoms with E-state index in [0.717, 1.165) is 26.2 Å². The van der Waals surface area contributed by atoms with Crippen molar-refractivity contribution in [3.8, 4) is 0 Å². The topological polar surface area (TPSA) is 32.5 Å². The highest BCUT2D eigenvalue weighted by atomic mass is 15.2. The maximum atomic E-state index is 6.26. The van der Waals surface area contributed by atoms with E-state index >= 15 is 0 Å². The maximum Gasteiger partial charge on any atom is 0.0193 e. The molecular formula is C14H33N3. The fraction of sp³-hybridized carbons (Fsp3) is 1.00. The second-order valence-electron chi connectivity index (χ2n) is 6.01. The average Bonchev–Trinajstić information content (AvgIpc) is 2.23. The first kappa shape index (κ1) is 16.9. The van der Waals surface area contributed by atoms with Gasteiger partial charge in [0.25, 0.3) is 0 Å². The summed E-state index contributed by atoms with van der Waals surface area (Å²) in [6, 6.07) is 0.306. The zero-order chi connectivity index (χ0) is 13.4. The van der Waals surface area contributed by atoms with Crippen LogP contribution in [-0.4, -0.2) is 56.1 Å². The van der Waals surface area contributed by atoms with Crippen molar-refractivity contribution in [2.24, 2.45) is 17.6 Å². The summed E-state index contributed by atoms with van der Waals surface area (Å²) >= 11 is 0. The lowest BCUT2D eigenvalue weighted by molar-refractivity contribution is 0.192. The van der Waals surface area contributed by atoms with Gasteiger partial charge in [-0.2, -0.15) is 0 Å². The van der Waals surface area contributed by atoms with Crippen molar-refractivity contribution in [1.82, 2.24) is 9.80 Å². The normalized spacial score (nSPS) is 15.9. The highest BCUT2D eigenvalue weighted by Gasteiger charge is 2.16. The van der Waals surface area contributed by atoms with Gasteiger partial charge in [-0.25, -0.2) is 0 Å². The second-order valence-corrected chi connectivity index (χ2v) is 6.01. The van der Waals surface area contributed by atoms with Gasteiger partial charge in [-0.3, -0.25) is 0 Å². The number of likely N-dealkylation sites (N-methyl/N-ethyl adjacent to an activating group) is 1. The molecule has 17 heavy (non-hydrogen) atoms. The van der Waals surface area contributed by atoms with E-state index in [0.29, 0.717) is 17.9 Å². The molecule has 2 N–H and O–H groups in total. The number of rotatable bonds is 9. The Bertz CT molecular complexity index is 180. The predicted molar refractivity (Wildman–Crippen MR) is 77.3 cm³/mol. The van der Waals surface area contributed by atoms with Crippen LogP contribution >= 0.6 is 0 Å². The highest BCUT2D eigenvalue weighted by Crippen LogP contribution is 2.08. The van der Waals surface area contributed by atoms with Gasteiger partial charge >= 0.3 is 0 Å². The van der Waals surface area contributed by atoms with E-state index in [1.54, 1.807) is 0 Å². The Morgan fingerprint density at radius 2 is 1.59 bits per heavy atom. The van der Waals surface area contributed by atoms with Gasteiger partial charge in [-0.05, 0) is 25.9 Å². The molecule has 0 heterocycles. The molecule has 2 unspecified atom stereocenters. The average molecular weight is 243 g/mol. The summed E-state index contributed by atoms with van der Waals surface area (Å²) in [6.45, 7) is 13.4. The quantitative estimate of drug-likeness (QED) is 0.671. The van der Waals surface area contributed by atoms with Gasteiger partial charge in [0.05, 0.1) is 0 Å². The highest BCUT2D eigenvalue weighted by molar-refractivity contribution is 4.74. The molecule has 104 valence electrons. The van der Waals surface area contributed by atoms with Crippen molar-refractivity contribution in [3.05, 3.63) is 0 Å². The Morgan fingerprint density at radius 3 is 2.00 bits per heavy atom. The van der Waals surface area contributed by atoms with E-state index in [9.17, 15) is 0 Å². The molecule has 0 saturated carbocycles. The largest absolute Gasteiger partial charge is 0.326 e. The molecule has 0 fully saturated rings. The Kier molecular flexibility index (Phi) is 8.83. The summed E-state index contributed by atoms with van der Waals surface area (Å²) in [6.07, 6.45) is 1.17. The fourth-order valence-corrected chi connectivity index (χ4v) is 1.90. The van der Waals surface area contributed by atoms with Gasteiger partial charge in [-0.15, -0.1) is 0 Å². The Hall–Kier alpha value is -0.120. The molecule has 0 aliphatic heterocycles. The van der Waals surface area contributed by atoms with Gasteiger partial charge in [0, 0.05) is 32.2 Å². The molecule has 0 aromatic carbocycles. The van der Waals surface area contributed by atoms with Crippen LogP contribution < -0.4 is 5.73 Å². The van der Waals surface area contributed by atoms with Gasteiger partial charge in [0.2, 0.25) is 0 Å². The van der Waals surface area contributed by atoms with E-state index in [1.807, 2.05) is 0 Å². The summed E-state index contributed by atoms with van der Waals surface area (Å²) in [5.41, 5.74) is 6.26. The molecule has 3 heteroatoms. The first-order valence-corrected chi connectivity index (χ1v) is 6.99. The Labute approximate surface area is 108 Å². The summed E-state index contributed by atoms with van der Waals surface area (Å²) in [4.78, 5) is 4.75. The van der Waals surface area contributed by atoms with Gasteiger partial charge in [-0.1, -0.05) is 34.1 Å². The minimum Gasteiger partial charge on any atom is -0.326 e. The third-order valence-electron chi connectivity index (χ3n) is 3.33. The molecule has 0 bridgehead atoms. The molecule has 0 aliphatic rings. The SMILES string of the molecule is CCC(C)C(N)CN(CCN(C)C)CC(C)C. The van der Waals surface area contributed by atoms with Crippen molar-refractivity contribution in [2.75, 3.05) is 40.3 Å². The molecule has 3 nitrogen and oxygen atoms in total. The minimum atomic E-state index is 0.306. The minimum absolute atomic E-state index is 0.306. The molecule has 0 aromatic heterocycles. The van der Waals surface area contributed by atoms with Gasteiger partial charge in [0.1, 0.15) is 0 Å². The number of nitrogens with two attached hydrogens (primary N) is 1. The third kappa shape index (κ3) is 8.58. The standard InChI is InChI=1S/C14H33N3/c1-7-13(4)14(15)11-17(10-12(2)3)9-8-16(5)6/h12-14H,7-11,15H2,1-6H3. The molecule has 0 aromatic rings. The summed E-state index contributed by atoms with van der Waals surface area (Å²) in [7, 11) is 4.25. The maximum absolute atomic E-state index is 6.26. The summed E-state index contributed by atoms with van der Waals surface area (Å²) in [5.74, 6) is 1.32. The first-order chi connectivity index (χ1) is 7.86. The molecule has 0 amide bonds. The van der Waals surface area contributed by atoms with Crippen LogP contribution in [0, 0.1) is 11.8 Å². The van der Waals surface area contributed by atoms with E-state index in [1.165, 1.54) is 6.42 Å². The zero-order valence-electron chi connectivity index (χ0n) is 12.7. The van der Waals surface area contributed by atoms with Crippen LogP contribution in [0.1, 0.15) is 34.1 Å². The second kappa shape index (κ2) is 8.90. The summed E-state index contributed by atoms with van der Waals surface area (Å²) in [5, 5.41) is 0. The van der Waals surface area contributed by atoms with Crippen LogP contribution in [0.3, 0.4) is 0 Å². The van der Waals surface area contributed by atoms with Crippen molar-refractivity contribution in [1.29, 1.82) is 0 Å². The van der Waals surface area contributed by atoms with E-state index in [2.05, 4.69) is 51.6 Å². The lowest BCUT2D eigenvalue weighted by atomic mass is 9.99. The van der Waals surface area contributed by atoms with Crippen molar-refractivity contribution >= 4 is 0 Å². The lowest BCUT2D eigenvalue weighted by Crippen LogP contribution is -2.44. The summed E-state index contributed by atoms with van der Waals surface area (Å²) < 4.78 is 0. The van der Waals surface area contributed by atoms with Crippen LogP contribution in [0.2, 0.25) is 0 Å². The van der Waals surface area contributed by atoms with Crippen molar-refractivity contribution in [2.45, 2.75) is 40.2 Å². The van der Waals surface area contributed by atoms with Crippen LogP contribution in [-0.2, 0) is 0 Å². The molecule has 0 radical (unpaired) electrons. The Balaban J connectivity index is 4.17. The van der Waals surface area contributed by atoms with Crippen molar-refractivity contribution in [3.63, 3.8) is 0 Å². The van der Waals surface area contributed by atoms with Crippen LogP contribution in [0.25, 0.3) is 0 Å². The lowest BCUT2D eigenvalue weighted by Gasteiger charge is -2.30.